The second kappa shape index (κ2) is 4.06. The molecule has 5 heteroatoms. The van der Waals surface area contributed by atoms with Crippen LogP contribution in [0, 0.1) is 0 Å². The van der Waals surface area contributed by atoms with Gasteiger partial charge in [0.05, 0.1) is 13.3 Å². The molecule has 0 aliphatic carbocycles. The van der Waals surface area contributed by atoms with E-state index in [0.29, 0.717) is 17.3 Å². The maximum atomic E-state index is 5.74. The lowest BCUT2D eigenvalue weighted by molar-refractivity contribution is 0.415. The quantitative estimate of drug-likeness (QED) is 0.790. The fourth-order valence-corrected chi connectivity index (χ4v) is 1.39. The van der Waals surface area contributed by atoms with Crippen molar-refractivity contribution >= 4 is 11.6 Å². The standard InChI is InChI=1S/C11H12N4O/c1-16-8-4-2-7(3-5-8)10-11(13)15-9(12)6-14-10/h2-6H,1H3,(H4,12,13,15). The minimum absolute atomic E-state index is 0.315. The van der Waals surface area contributed by atoms with E-state index in [1.807, 2.05) is 24.3 Å². The van der Waals surface area contributed by atoms with E-state index in [2.05, 4.69) is 9.97 Å². The highest BCUT2D eigenvalue weighted by molar-refractivity contribution is 5.70. The van der Waals surface area contributed by atoms with Crippen LogP contribution < -0.4 is 16.2 Å². The van der Waals surface area contributed by atoms with Gasteiger partial charge in [-0.3, -0.25) is 0 Å². The van der Waals surface area contributed by atoms with Gasteiger partial charge in [-0.2, -0.15) is 0 Å². The van der Waals surface area contributed by atoms with E-state index in [4.69, 9.17) is 16.2 Å². The van der Waals surface area contributed by atoms with Crippen molar-refractivity contribution in [3.05, 3.63) is 30.5 Å². The van der Waals surface area contributed by atoms with Gasteiger partial charge in [-0.1, -0.05) is 0 Å². The van der Waals surface area contributed by atoms with Crippen molar-refractivity contribution in [2.75, 3.05) is 18.6 Å². The number of nitrogens with two attached hydrogens (primary N) is 2. The predicted octanol–water partition coefficient (Wildman–Crippen LogP) is 1.32. The number of nitrogens with zero attached hydrogens (tertiary/aromatic N) is 2. The molecule has 0 unspecified atom stereocenters. The van der Waals surface area contributed by atoms with Gasteiger partial charge in [0.25, 0.3) is 0 Å². The molecular weight excluding hydrogens is 204 g/mol. The second-order valence-corrected chi connectivity index (χ2v) is 3.26. The monoisotopic (exact) mass is 216 g/mol. The van der Waals surface area contributed by atoms with Crippen LogP contribution in [0.15, 0.2) is 30.5 Å². The van der Waals surface area contributed by atoms with Gasteiger partial charge in [0.2, 0.25) is 0 Å². The summed E-state index contributed by atoms with van der Waals surface area (Å²) in [5, 5.41) is 0. The van der Waals surface area contributed by atoms with Gasteiger partial charge in [0.1, 0.15) is 17.3 Å². The zero-order chi connectivity index (χ0) is 11.5. The molecule has 0 aliphatic heterocycles. The van der Waals surface area contributed by atoms with Crippen LogP contribution in [-0.2, 0) is 0 Å². The topological polar surface area (TPSA) is 87.0 Å². The number of hydrogen-bond acceptors (Lipinski definition) is 5. The molecule has 1 aromatic carbocycles. The number of aromatic nitrogens is 2. The molecule has 5 nitrogen and oxygen atoms in total. The second-order valence-electron chi connectivity index (χ2n) is 3.26. The van der Waals surface area contributed by atoms with Crippen molar-refractivity contribution < 1.29 is 4.74 Å². The summed E-state index contributed by atoms with van der Waals surface area (Å²) in [6.45, 7) is 0. The molecule has 1 heterocycles. The molecule has 2 rings (SSSR count). The molecule has 2 aromatic rings. The SMILES string of the molecule is COc1ccc(-c2ncc(N)nc2N)cc1. The van der Waals surface area contributed by atoms with E-state index >= 15 is 0 Å². The molecule has 16 heavy (non-hydrogen) atoms. The Labute approximate surface area is 93.1 Å². The Morgan fingerprint density at radius 2 is 1.81 bits per heavy atom. The summed E-state index contributed by atoms with van der Waals surface area (Å²) >= 11 is 0. The number of anilines is 2. The Morgan fingerprint density at radius 3 is 2.38 bits per heavy atom. The summed E-state index contributed by atoms with van der Waals surface area (Å²) in [4.78, 5) is 8.10. The number of ether oxygens (including phenoxy) is 1. The first-order chi connectivity index (χ1) is 7.70. The van der Waals surface area contributed by atoms with Crippen LogP contribution in [0.3, 0.4) is 0 Å². The Balaban J connectivity index is 2.42. The van der Waals surface area contributed by atoms with Crippen LogP contribution in [-0.4, -0.2) is 17.1 Å². The Hall–Kier alpha value is -2.30. The fourth-order valence-electron chi connectivity index (χ4n) is 1.39. The molecule has 0 radical (unpaired) electrons. The maximum Gasteiger partial charge on any atom is 0.152 e. The van der Waals surface area contributed by atoms with Gasteiger partial charge in [-0.25, -0.2) is 9.97 Å². The molecule has 0 saturated heterocycles. The molecule has 0 spiro atoms. The smallest absolute Gasteiger partial charge is 0.152 e. The van der Waals surface area contributed by atoms with Gasteiger partial charge in [0.15, 0.2) is 5.82 Å². The largest absolute Gasteiger partial charge is 0.497 e. The van der Waals surface area contributed by atoms with Crippen LogP contribution in [0.25, 0.3) is 11.3 Å². The lowest BCUT2D eigenvalue weighted by Gasteiger charge is -2.05. The highest BCUT2D eigenvalue weighted by atomic mass is 16.5. The Kier molecular flexibility index (Phi) is 2.59. The molecule has 0 bridgehead atoms. The molecule has 1 aromatic heterocycles. The average molecular weight is 216 g/mol. The first-order valence-corrected chi connectivity index (χ1v) is 4.73. The summed E-state index contributed by atoms with van der Waals surface area (Å²) in [7, 11) is 1.62. The first kappa shape index (κ1) is 10.2. The van der Waals surface area contributed by atoms with Crippen molar-refractivity contribution in [3.63, 3.8) is 0 Å². The van der Waals surface area contributed by atoms with Crippen LogP contribution in [0.1, 0.15) is 0 Å². The van der Waals surface area contributed by atoms with Crippen LogP contribution in [0.5, 0.6) is 5.75 Å². The summed E-state index contributed by atoms with van der Waals surface area (Å²) in [5.41, 5.74) is 12.7. The van der Waals surface area contributed by atoms with Crippen molar-refractivity contribution in [3.8, 4) is 17.0 Å². The van der Waals surface area contributed by atoms with E-state index in [1.165, 1.54) is 6.20 Å². The normalized spacial score (nSPS) is 10.1. The third-order valence-electron chi connectivity index (χ3n) is 2.18. The first-order valence-electron chi connectivity index (χ1n) is 4.73. The zero-order valence-electron chi connectivity index (χ0n) is 8.84. The molecule has 82 valence electrons. The third-order valence-corrected chi connectivity index (χ3v) is 2.18. The predicted molar refractivity (Wildman–Crippen MR) is 62.8 cm³/mol. The minimum Gasteiger partial charge on any atom is -0.497 e. The highest BCUT2D eigenvalue weighted by Gasteiger charge is 2.05. The number of benzene rings is 1. The van der Waals surface area contributed by atoms with Crippen molar-refractivity contribution in [2.45, 2.75) is 0 Å². The number of nitrogen functional groups attached to an aromatic ring is 2. The number of hydrogen-bond donors (Lipinski definition) is 2. The van der Waals surface area contributed by atoms with Crippen LogP contribution >= 0.6 is 0 Å². The van der Waals surface area contributed by atoms with Crippen LogP contribution in [0.4, 0.5) is 11.6 Å². The number of methoxy groups -OCH3 is 1. The van der Waals surface area contributed by atoms with E-state index in [-0.39, 0.29) is 0 Å². The zero-order valence-corrected chi connectivity index (χ0v) is 8.84. The lowest BCUT2D eigenvalue weighted by atomic mass is 10.1. The Bertz CT molecular complexity index is 496. The summed E-state index contributed by atoms with van der Waals surface area (Å²) < 4.78 is 5.07. The molecule has 0 amide bonds. The fraction of sp³-hybridized carbons (Fsp3) is 0.0909. The van der Waals surface area contributed by atoms with E-state index in [1.54, 1.807) is 7.11 Å². The molecule has 0 aliphatic rings. The van der Waals surface area contributed by atoms with Crippen molar-refractivity contribution in [1.82, 2.24) is 9.97 Å². The molecule has 0 saturated carbocycles. The minimum atomic E-state index is 0.315. The van der Waals surface area contributed by atoms with Gasteiger partial charge in [-0.05, 0) is 24.3 Å². The van der Waals surface area contributed by atoms with Crippen molar-refractivity contribution in [1.29, 1.82) is 0 Å². The lowest BCUT2D eigenvalue weighted by Crippen LogP contribution is -2.00. The van der Waals surface area contributed by atoms with Gasteiger partial charge in [-0.15, -0.1) is 0 Å². The average Bonchev–Trinajstić information content (AvgIpc) is 2.29. The maximum absolute atomic E-state index is 5.74. The van der Waals surface area contributed by atoms with Crippen molar-refractivity contribution in [2.24, 2.45) is 0 Å². The number of rotatable bonds is 2. The van der Waals surface area contributed by atoms with E-state index in [9.17, 15) is 0 Å². The van der Waals surface area contributed by atoms with Gasteiger partial charge in [0, 0.05) is 5.56 Å². The molecule has 4 N–H and O–H groups in total. The van der Waals surface area contributed by atoms with E-state index in [0.717, 1.165) is 11.3 Å². The van der Waals surface area contributed by atoms with E-state index < -0.39 is 0 Å². The Morgan fingerprint density at radius 1 is 1.12 bits per heavy atom. The summed E-state index contributed by atoms with van der Waals surface area (Å²) in [6, 6.07) is 7.42. The van der Waals surface area contributed by atoms with Crippen LogP contribution in [0.2, 0.25) is 0 Å². The van der Waals surface area contributed by atoms with Gasteiger partial charge >= 0.3 is 0 Å². The molecule has 0 fully saturated rings. The molecular formula is C11H12N4O. The highest BCUT2D eigenvalue weighted by Crippen LogP contribution is 2.24. The summed E-state index contributed by atoms with van der Waals surface area (Å²) in [5.74, 6) is 1.42. The molecule has 0 atom stereocenters. The third kappa shape index (κ3) is 1.88. The summed E-state index contributed by atoms with van der Waals surface area (Å²) in [6.07, 6.45) is 1.48. The van der Waals surface area contributed by atoms with Gasteiger partial charge < -0.3 is 16.2 Å².